The van der Waals surface area contributed by atoms with Crippen molar-refractivity contribution >= 4 is 10.0 Å². The molecule has 1 atom stereocenters. The molecule has 1 aliphatic heterocycles. The summed E-state index contributed by atoms with van der Waals surface area (Å²) in [7, 11) is -1.31. The van der Waals surface area contributed by atoms with Gasteiger partial charge >= 0.3 is 0 Å². The van der Waals surface area contributed by atoms with E-state index in [1.54, 1.807) is 0 Å². The van der Waals surface area contributed by atoms with Gasteiger partial charge in [-0.2, -0.15) is 0 Å². The van der Waals surface area contributed by atoms with Crippen molar-refractivity contribution in [3.8, 4) is 0 Å². The molecule has 1 heterocycles. The predicted octanol–water partition coefficient (Wildman–Crippen LogP) is 1.20. The summed E-state index contributed by atoms with van der Waals surface area (Å²) in [4.78, 5) is 2.19. The van der Waals surface area contributed by atoms with E-state index >= 15 is 0 Å². The lowest BCUT2D eigenvalue weighted by molar-refractivity contribution is 0.394. The van der Waals surface area contributed by atoms with Crippen molar-refractivity contribution < 1.29 is 12.8 Å². The second-order valence-corrected chi connectivity index (χ2v) is 6.96. The molecule has 1 aromatic carbocycles. The number of benzene rings is 1. The van der Waals surface area contributed by atoms with Crippen LogP contribution in [-0.2, 0) is 15.8 Å². The number of hydrogen-bond acceptors (Lipinski definition) is 3. The molecule has 0 bridgehead atoms. The van der Waals surface area contributed by atoms with Gasteiger partial charge in [-0.3, -0.25) is 0 Å². The highest BCUT2D eigenvalue weighted by Crippen LogP contribution is 2.14. The van der Waals surface area contributed by atoms with Crippen molar-refractivity contribution in [3.63, 3.8) is 0 Å². The molecule has 0 radical (unpaired) electrons. The fourth-order valence-corrected chi connectivity index (χ4v) is 3.51. The molecule has 0 aliphatic carbocycles. The Hall–Kier alpha value is -0.980. The molecule has 106 valence electrons. The maximum absolute atomic E-state index is 12.7. The lowest BCUT2D eigenvalue weighted by Crippen LogP contribution is -2.31. The van der Waals surface area contributed by atoms with E-state index in [0.29, 0.717) is 18.0 Å². The molecule has 1 N–H and O–H groups in total. The predicted molar refractivity (Wildman–Crippen MR) is 72.6 cm³/mol. The Balaban J connectivity index is 1.86. The molecule has 4 nitrogen and oxygen atoms in total. The van der Waals surface area contributed by atoms with Gasteiger partial charge in [-0.25, -0.2) is 17.5 Å². The summed E-state index contributed by atoms with van der Waals surface area (Å²) < 4.78 is 39.2. The third-order valence-corrected chi connectivity index (χ3v) is 4.67. The monoisotopic (exact) mass is 286 g/mol. The average molecular weight is 286 g/mol. The van der Waals surface area contributed by atoms with Gasteiger partial charge < -0.3 is 4.90 Å². The number of halogens is 1. The second kappa shape index (κ2) is 5.98. The number of nitrogens with one attached hydrogen (secondary N) is 1. The van der Waals surface area contributed by atoms with Crippen LogP contribution in [0.15, 0.2) is 24.3 Å². The Morgan fingerprint density at radius 1 is 1.37 bits per heavy atom. The van der Waals surface area contributed by atoms with E-state index < -0.39 is 10.0 Å². The van der Waals surface area contributed by atoms with Crippen LogP contribution in [0, 0.1) is 11.7 Å². The van der Waals surface area contributed by atoms with Crippen molar-refractivity contribution in [2.75, 3.05) is 26.7 Å². The average Bonchev–Trinajstić information content (AvgIpc) is 2.76. The van der Waals surface area contributed by atoms with Crippen LogP contribution in [0.4, 0.5) is 4.39 Å². The third-order valence-electron chi connectivity index (χ3n) is 3.35. The Kier molecular flexibility index (Phi) is 4.54. The number of rotatable bonds is 5. The third kappa shape index (κ3) is 4.56. The summed E-state index contributed by atoms with van der Waals surface area (Å²) in [6, 6.07) is 5.55. The molecule has 19 heavy (non-hydrogen) atoms. The zero-order chi connectivity index (χ0) is 13.9. The van der Waals surface area contributed by atoms with Gasteiger partial charge in [0.15, 0.2) is 0 Å². The van der Waals surface area contributed by atoms with Gasteiger partial charge in [0.1, 0.15) is 5.82 Å². The Bertz CT molecular complexity index is 516. The van der Waals surface area contributed by atoms with E-state index in [9.17, 15) is 12.8 Å². The number of likely N-dealkylation sites (tertiary alicyclic amines) is 1. The van der Waals surface area contributed by atoms with Crippen LogP contribution < -0.4 is 4.72 Å². The molecule has 1 aliphatic rings. The molecular weight excluding hydrogens is 267 g/mol. The van der Waals surface area contributed by atoms with Crippen LogP contribution in [0.2, 0.25) is 0 Å². The maximum atomic E-state index is 12.7. The fourth-order valence-electron chi connectivity index (χ4n) is 2.29. The first-order valence-electron chi connectivity index (χ1n) is 6.35. The van der Waals surface area contributed by atoms with Crippen LogP contribution in [0.5, 0.6) is 0 Å². The minimum absolute atomic E-state index is 0.101. The summed E-state index contributed by atoms with van der Waals surface area (Å²) >= 11 is 0. The minimum atomic E-state index is -3.34. The quantitative estimate of drug-likeness (QED) is 0.885. The van der Waals surface area contributed by atoms with Gasteiger partial charge in [0.2, 0.25) is 10.0 Å². The number of hydrogen-bond donors (Lipinski definition) is 1. The second-order valence-electron chi connectivity index (χ2n) is 5.15. The minimum Gasteiger partial charge on any atom is -0.306 e. The molecule has 1 aromatic rings. The van der Waals surface area contributed by atoms with E-state index in [0.717, 1.165) is 19.5 Å². The Morgan fingerprint density at radius 3 is 2.63 bits per heavy atom. The SMILES string of the molecule is CN1CCC(CNS(=O)(=O)Cc2ccc(F)cc2)C1. The Labute approximate surface area is 113 Å². The van der Waals surface area contributed by atoms with E-state index in [1.807, 2.05) is 7.05 Å². The lowest BCUT2D eigenvalue weighted by atomic mass is 10.1. The van der Waals surface area contributed by atoms with Gasteiger partial charge in [0.05, 0.1) is 5.75 Å². The first kappa shape index (κ1) is 14.4. The van der Waals surface area contributed by atoms with Crippen molar-refractivity contribution in [1.82, 2.24) is 9.62 Å². The highest BCUT2D eigenvalue weighted by molar-refractivity contribution is 7.88. The van der Waals surface area contributed by atoms with Crippen molar-refractivity contribution in [2.24, 2.45) is 5.92 Å². The van der Waals surface area contributed by atoms with Crippen LogP contribution in [0.3, 0.4) is 0 Å². The summed E-state index contributed by atoms with van der Waals surface area (Å²) in [6.07, 6.45) is 1.02. The van der Waals surface area contributed by atoms with E-state index in [4.69, 9.17) is 0 Å². The highest BCUT2D eigenvalue weighted by Gasteiger charge is 2.21. The van der Waals surface area contributed by atoms with E-state index in [1.165, 1.54) is 24.3 Å². The largest absolute Gasteiger partial charge is 0.306 e. The van der Waals surface area contributed by atoms with Gasteiger partial charge in [-0.15, -0.1) is 0 Å². The number of sulfonamides is 1. The topological polar surface area (TPSA) is 49.4 Å². The first-order valence-corrected chi connectivity index (χ1v) is 8.00. The fraction of sp³-hybridized carbons (Fsp3) is 0.538. The van der Waals surface area contributed by atoms with Crippen LogP contribution in [0.1, 0.15) is 12.0 Å². The summed E-state index contributed by atoms with van der Waals surface area (Å²) in [5.74, 6) is -0.0772. The molecule has 1 fully saturated rings. The van der Waals surface area contributed by atoms with Gasteiger partial charge in [-0.1, -0.05) is 12.1 Å². The van der Waals surface area contributed by atoms with Gasteiger partial charge in [-0.05, 0) is 43.6 Å². The van der Waals surface area contributed by atoms with Crippen molar-refractivity contribution in [3.05, 3.63) is 35.6 Å². The smallest absolute Gasteiger partial charge is 0.215 e. The van der Waals surface area contributed by atoms with Gasteiger partial charge in [0, 0.05) is 13.1 Å². The molecule has 0 aromatic heterocycles. The summed E-state index contributed by atoms with van der Waals surface area (Å²) in [5.41, 5.74) is 0.595. The van der Waals surface area contributed by atoms with Gasteiger partial charge in [0.25, 0.3) is 0 Å². The zero-order valence-corrected chi connectivity index (χ0v) is 11.8. The summed E-state index contributed by atoms with van der Waals surface area (Å²) in [5, 5.41) is 0. The highest BCUT2D eigenvalue weighted by atomic mass is 32.2. The Morgan fingerprint density at radius 2 is 2.05 bits per heavy atom. The standard InChI is InChI=1S/C13H19FN2O2S/c1-16-7-6-12(9-16)8-15-19(17,18)10-11-2-4-13(14)5-3-11/h2-5,12,15H,6-10H2,1H3. The van der Waals surface area contributed by atoms with Crippen molar-refractivity contribution in [2.45, 2.75) is 12.2 Å². The van der Waals surface area contributed by atoms with E-state index in [-0.39, 0.29) is 11.6 Å². The van der Waals surface area contributed by atoms with Crippen LogP contribution in [-0.4, -0.2) is 40.0 Å². The summed E-state index contributed by atoms with van der Waals surface area (Å²) in [6.45, 7) is 2.43. The molecule has 0 amide bonds. The molecule has 2 rings (SSSR count). The van der Waals surface area contributed by atoms with Crippen LogP contribution >= 0.6 is 0 Å². The first-order chi connectivity index (χ1) is 8.94. The number of nitrogens with zero attached hydrogens (tertiary/aromatic N) is 1. The normalized spacial score (nSPS) is 20.8. The molecule has 6 heteroatoms. The molecule has 1 unspecified atom stereocenters. The van der Waals surface area contributed by atoms with E-state index in [2.05, 4.69) is 9.62 Å². The lowest BCUT2D eigenvalue weighted by Gasteiger charge is -2.12. The molecule has 0 spiro atoms. The molecule has 1 saturated heterocycles. The van der Waals surface area contributed by atoms with Crippen molar-refractivity contribution in [1.29, 1.82) is 0 Å². The maximum Gasteiger partial charge on any atom is 0.215 e. The molecule has 0 saturated carbocycles. The van der Waals surface area contributed by atoms with Crippen LogP contribution in [0.25, 0.3) is 0 Å². The zero-order valence-electron chi connectivity index (χ0n) is 11.0. The molecular formula is C13H19FN2O2S.